The molecule has 138 valence electrons. The molecule has 1 aromatic rings. The third kappa shape index (κ3) is 5.49. The highest BCUT2D eigenvalue weighted by molar-refractivity contribution is 6.29. The van der Waals surface area contributed by atoms with Gasteiger partial charge in [-0.2, -0.15) is 0 Å². The molecule has 0 aliphatic carbocycles. The van der Waals surface area contributed by atoms with Crippen LogP contribution in [0.5, 0.6) is 0 Å². The Morgan fingerprint density at radius 1 is 1.44 bits per heavy atom. The second kappa shape index (κ2) is 7.91. The van der Waals surface area contributed by atoms with Gasteiger partial charge in [-0.3, -0.25) is 0 Å². The van der Waals surface area contributed by atoms with Crippen molar-refractivity contribution in [2.45, 2.75) is 45.8 Å². The van der Waals surface area contributed by atoms with Crippen molar-refractivity contribution < 1.29 is 19.1 Å². The van der Waals surface area contributed by atoms with Crippen LogP contribution in [-0.4, -0.2) is 48.4 Å². The van der Waals surface area contributed by atoms with E-state index in [0.717, 1.165) is 6.42 Å². The molecule has 1 amide bonds. The monoisotopic (exact) mass is 369 g/mol. The van der Waals surface area contributed by atoms with Gasteiger partial charge in [-0.1, -0.05) is 11.6 Å². The minimum atomic E-state index is -0.544. The fourth-order valence-electron chi connectivity index (χ4n) is 2.62. The zero-order valence-electron chi connectivity index (χ0n) is 15.0. The number of anilines is 1. The fraction of sp³-hybridized carbons (Fsp3) is 0.588. The van der Waals surface area contributed by atoms with Crippen molar-refractivity contribution in [3.63, 3.8) is 0 Å². The van der Waals surface area contributed by atoms with Crippen molar-refractivity contribution in [3.8, 4) is 0 Å². The number of ether oxygens (including phenoxy) is 2. The Balaban J connectivity index is 2.07. The van der Waals surface area contributed by atoms with Crippen molar-refractivity contribution >= 4 is 29.4 Å². The fourth-order valence-corrected chi connectivity index (χ4v) is 2.77. The topological polar surface area (TPSA) is 80.8 Å². The molecule has 1 aliphatic rings. The van der Waals surface area contributed by atoms with Crippen molar-refractivity contribution in [1.82, 2.24) is 10.3 Å². The molecule has 1 unspecified atom stereocenters. The summed E-state index contributed by atoms with van der Waals surface area (Å²) in [6, 6.07) is 1.57. The smallest absolute Gasteiger partial charge is 0.407 e. The van der Waals surface area contributed by atoms with E-state index >= 15 is 0 Å². The van der Waals surface area contributed by atoms with Gasteiger partial charge in [0, 0.05) is 19.3 Å². The summed E-state index contributed by atoms with van der Waals surface area (Å²) in [6.07, 6.45) is 1.71. The van der Waals surface area contributed by atoms with E-state index in [0.29, 0.717) is 29.5 Å². The molecule has 2 heterocycles. The zero-order valence-corrected chi connectivity index (χ0v) is 15.7. The first-order valence-corrected chi connectivity index (χ1v) is 8.64. The number of carbonyl (C=O) groups excluding carboxylic acids is 2. The van der Waals surface area contributed by atoms with Crippen LogP contribution in [0.15, 0.2) is 12.3 Å². The van der Waals surface area contributed by atoms with Crippen LogP contribution >= 0.6 is 11.6 Å². The molecule has 0 bridgehead atoms. The molecule has 1 aromatic heterocycles. The summed E-state index contributed by atoms with van der Waals surface area (Å²) in [7, 11) is 0. The molecule has 7 nitrogen and oxygen atoms in total. The molecule has 0 aromatic carbocycles. The maximum Gasteiger partial charge on any atom is 0.407 e. The third-order valence-electron chi connectivity index (χ3n) is 3.59. The SMILES string of the molecule is CCOC(=O)c1cnc(Cl)cc1N1CCC(NC(=O)OC(C)(C)C)C1. The van der Waals surface area contributed by atoms with Gasteiger partial charge in [0.25, 0.3) is 0 Å². The summed E-state index contributed by atoms with van der Waals surface area (Å²) in [4.78, 5) is 30.0. The van der Waals surface area contributed by atoms with E-state index in [1.807, 2.05) is 25.7 Å². The first kappa shape index (κ1) is 19.3. The number of alkyl carbamates (subject to hydrolysis) is 1. The number of nitrogens with one attached hydrogen (secondary N) is 1. The normalized spacial score (nSPS) is 17.3. The van der Waals surface area contributed by atoms with E-state index in [9.17, 15) is 9.59 Å². The number of nitrogens with zero attached hydrogens (tertiary/aromatic N) is 2. The number of carbonyl (C=O) groups is 2. The van der Waals surface area contributed by atoms with E-state index in [2.05, 4.69) is 10.3 Å². The number of halogens is 1. The summed E-state index contributed by atoms with van der Waals surface area (Å²) in [6.45, 7) is 8.70. The molecular weight excluding hydrogens is 346 g/mol. The standard InChI is InChI=1S/C17H24ClN3O4/c1-5-24-15(22)12-9-19-14(18)8-13(12)21-7-6-11(10-21)20-16(23)25-17(2,3)4/h8-9,11H,5-7,10H2,1-4H3,(H,20,23). The Morgan fingerprint density at radius 2 is 2.16 bits per heavy atom. The van der Waals surface area contributed by atoms with Crippen LogP contribution in [0.25, 0.3) is 0 Å². The summed E-state index contributed by atoms with van der Waals surface area (Å²) in [5.41, 5.74) is 0.481. The maximum atomic E-state index is 12.1. The Hall–Kier alpha value is -2.02. The Bertz CT molecular complexity index is 645. The van der Waals surface area contributed by atoms with Crippen LogP contribution in [0.2, 0.25) is 5.15 Å². The van der Waals surface area contributed by atoms with E-state index in [4.69, 9.17) is 21.1 Å². The van der Waals surface area contributed by atoms with Gasteiger partial charge in [0.2, 0.25) is 0 Å². The average molecular weight is 370 g/mol. The first-order valence-electron chi connectivity index (χ1n) is 8.26. The zero-order chi connectivity index (χ0) is 18.6. The lowest BCUT2D eigenvalue weighted by Gasteiger charge is -2.23. The van der Waals surface area contributed by atoms with Crippen molar-refractivity contribution in [2.24, 2.45) is 0 Å². The Labute approximate surface area is 152 Å². The van der Waals surface area contributed by atoms with Gasteiger partial charge in [-0.25, -0.2) is 14.6 Å². The van der Waals surface area contributed by atoms with Crippen LogP contribution in [0.1, 0.15) is 44.5 Å². The Morgan fingerprint density at radius 3 is 2.80 bits per heavy atom. The average Bonchev–Trinajstić information content (AvgIpc) is 2.93. The first-order chi connectivity index (χ1) is 11.7. The lowest BCUT2D eigenvalue weighted by atomic mass is 10.2. The quantitative estimate of drug-likeness (QED) is 0.649. The molecule has 2 rings (SSSR count). The summed E-state index contributed by atoms with van der Waals surface area (Å²) < 4.78 is 10.4. The van der Waals surface area contributed by atoms with Gasteiger partial charge in [0.1, 0.15) is 16.3 Å². The highest BCUT2D eigenvalue weighted by Gasteiger charge is 2.29. The molecule has 1 N–H and O–H groups in total. The second-order valence-electron chi connectivity index (χ2n) is 6.82. The van der Waals surface area contributed by atoms with Gasteiger partial charge in [-0.05, 0) is 40.2 Å². The van der Waals surface area contributed by atoms with E-state index in [-0.39, 0.29) is 12.6 Å². The highest BCUT2D eigenvalue weighted by atomic mass is 35.5. The summed E-state index contributed by atoms with van der Waals surface area (Å²) in [5.74, 6) is -0.440. The molecule has 0 radical (unpaired) electrons. The van der Waals surface area contributed by atoms with E-state index in [1.165, 1.54) is 6.20 Å². The molecule has 0 saturated carbocycles. The second-order valence-corrected chi connectivity index (χ2v) is 7.21. The molecular formula is C17H24ClN3O4. The van der Waals surface area contributed by atoms with Gasteiger partial charge in [-0.15, -0.1) is 0 Å². The minimum absolute atomic E-state index is 0.0724. The van der Waals surface area contributed by atoms with Crippen LogP contribution < -0.4 is 10.2 Å². The largest absolute Gasteiger partial charge is 0.462 e. The number of amides is 1. The van der Waals surface area contributed by atoms with Crippen molar-refractivity contribution in [1.29, 1.82) is 0 Å². The van der Waals surface area contributed by atoms with Gasteiger partial charge in [0.05, 0.1) is 18.3 Å². The molecule has 1 fully saturated rings. The number of rotatable bonds is 4. The molecule has 25 heavy (non-hydrogen) atoms. The number of esters is 1. The number of hydrogen-bond acceptors (Lipinski definition) is 6. The predicted molar refractivity (Wildman–Crippen MR) is 95.2 cm³/mol. The molecule has 0 spiro atoms. The van der Waals surface area contributed by atoms with Gasteiger partial charge >= 0.3 is 12.1 Å². The highest BCUT2D eigenvalue weighted by Crippen LogP contribution is 2.27. The van der Waals surface area contributed by atoms with Crippen LogP contribution in [0, 0.1) is 0 Å². The van der Waals surface area contributed by atoms with E-state index in [1.54, 1.807) is 13.0 Å². The third-order valence-corrected chi connectivity index (χ3v) is 3.80. The maximum absolute atomic E-state index is 12.1. The molecule has 8 heteroatoms. The van der Waals surface area contributed by atoms with Crippen LogP contribution in [0.3, 0.4) is 0 Å². The van der Waals surface area contributed by atoms with Crippen molar-refractivity contribution in [2.75, 3.05) is 24.6 Å². The molecule has 1 aliphatic heterocycles. The lowest BCUT2D eigenvalue weighted by molar-refractivity contribution is 0.0503. The minimum Gasteiger partial charge on any atom is -0.462 e. The van der Waals surface area contributed by atoms with Gasteiger partial charge in [0.15, 0.2) is 0 Å². The molecule has 1 atom stereocenters. The van der Waals surface area contributed by atoms with Crippen LogP contribution in [0.4, 0.5) is 10.5 Å². The van der Waals surface area contributed by atoms with Crippen molar-refractivity contribution in [3.05, 3.63) is 23.0 Å². The van der Waals surface area contributed by atoms with E-state index < -0.39 is 17.7 Å². The number of aromatic nitrogens is 1. The van der Waals surface area contributed by atoms with Gasteiger partial charge < -0.3 is 19.7 Å². The summed E-state index contributed by atoms with van der Waals surface area (Å²) >= 11 is 5.99. The molecule has 1 saturated heterocycles. The number of pyridine rings is 1. The number of hydrogen-bond donors (Lipinski definition) is 1. The lowest BCUT2D eigenvalue weighted by Crippen LogP contribution is -2.40. The summed E-state index contributed by atoms with van der Waals surface area (Å²) in [5, 5.41) is 3.15. The van der Waals surface area contributed by atoms with Crippen LogP contribution in [-0.2, 0) is 9.47 Å². The Kier molecular flexibility index (Phi) is 6.11. The predicted octanol–water partition coefficient (Wildman–Crippen LogP) is 3.02.